The smallest absolute Gasteiger partial charge is 0.274 e. The largest absolute Gasteiger partial charge is 0.480 e. The van der Waals surface area contributed by atoms with Crippen molar-refractivity contribution in [1.29, 1.82) is 0 Å². The summed E-state index contributed by atoms with van der Waals surface area (Å²) in [6.07, 6.45) is 5.57. The number of benzene rings is 1. The lowest BCUT2D eigenvalue weighted by Crippen LogP contribution is -2.39. The van der Waals surface area contributed by atoms with E-state index in [2.05, 4.69) is 20.7 Å². The van der Waals surface area contributed by atoms with Gasteiger partial charge in [0.15, 0.2) is 17.3 Å². The molecular formula is C24H21Cl2N5O5. The number of aromatic nitrogens is 3. The molecule has 2 saturated carbocycles. The van der Waals surface area contributed by atoms with Gasteiger partial charge in [0.05, 0.1) is 22.8 Å². The molecule has 0 bridgehead atoms. The quantitative estimate of drug-likeness (QED) is 0.470. The maximum absolute atomic E-state index is 13.5. The molecule has 186 valence electrons. The Hall–Kier alpha value is -3.50. The minimum atomic E-state index is -0.606. The van der Waals surface area contributed by atoms with Crippen LogP contribution in [-0.4, -0.2) is 46.0 Å². The summed E-state index contributed by atoms with van der Waals surface area (Å²) in [5, 5.41) is 10.6. The van der Waals surface area contributed by atoms with E-state index in [1.54, 1.807) is 12.1 Å². The number of pyridine rings is 1. The molecule has 0 atom stereocenters. The van der Waals surface area contributed by atoms with Crippen molar-refractivity contribution in [3.63, 3.8) is 0 Å². The number of hydrogen-bond donors (Lipinski definition) is 2. The van der Waals surface area contributed by atoms with Gasteiger partial charge in [-0.2, -0.15) is 0 Å². The Kier molecular flexibility index (Phi) is 5.45. The van der Waals surface area contributed by atoms with Gasteiger partial charge in [0.25, 0.3) is 11.8 Å². The van der Waals surface area contributed by atoms with Crippen molar-refractivity contribution >= 4 is 40.7 Å². The summed E-state index contributed by atoms with van der Waals surface area (Å²) in [7, 11) is 1.43. The molecule has 3 aromatic rings. The van der Waals surface area contributed by atoms with Gasteiger partial charge in [-0.15, -0.1) is 5.10 Å². The van der Waals surface area contributed by atoms with Gasteiger partial charge >= 0.3 is 0 Å². The Morgan fingerprint density at radius 3 is 2.67 bits per heavy atom. The highest BCUT2D eigenvalue weighted by molar-refractivity contribution is 6.35. The van der Waals surface area contributed by atoms with Crippen molar-refractivity contribution in [3.8, 4) is 23.2 Å². The number of hydrogen-bond acceptors (Lipinski definition) is 7. The maximum atomic E-state index is 13.5. The van der Waals surface area contributed by atoms with Crippen LogP contribution in [-0.2, 0) is 0 Å². The lowest BCUT2D eigenvalue weighted by Gasteiger charge is -2.20. The highest BCUT2D eigenvalue weighted by atomic mass is 35.5. The molecule has 0 saturated heterocycles. The molecule has 2 aliphatic carbocycles. The SMILES string of the molecule is COc1cc(C(=O)Nc2c(Cl)cc3c(c2C(=O)NC2(C4CC4)CC2)OCO3)n(-c2ncccc2Cl)n1. The summed E-state index contributed by atoms with van der Waals surface area (Å²) in [4.78, 5) is 31.3. The second-order valence-electron chi connectivity index (χ2n) is 8.97. The van der Waals surface area contributed by atoms with Crippen molar-refractivity contribution in [2.24, 2.45) is 5.92 Å². The lowest BCUT2D eigenvalue weighted by atomic mass is 10.1. The van der Waals surface area contributed by atoms with E-state index in [1.165, 1.54) is 30.1 Å². The van der Waals surface area contributed by atoms with Crippen LogP contribution < -0.4 is 24.8 Å². The van der Waals surface area contributed by atoms with Gasteiger partial charge in [-0.25, -0.2) is 9.67 Å². The van der Waals surface area contributed by atoms with Gasteiger partial charge in [0.2, 0.25) is 12.7 Å². The molecule has 2 N–H and O–H groups in total. The molecular weight excluding hydrogens is 509 g/mol. The molecule has 1 aliphatic heterocycles. The van der Waals surface area contributed by atoms with E-state index in [-0.39, 0.29) is 62.7 Å². The van der Waals surface area contributed by atoms with Gasteiger partial charge < -0.3 is 24.8 Å². The molecule has 2 fully saturated rings. The topological polar surface area (TPSA) is 117 Å². The highest BCUT2D eigenvalue weighted by Crippen LogP contribution is 2.54. The molecule has 36 heavy (non-hydrogen) atoms. The van der Waals surface area contributed by atoms with E-state index in [1.807, 2.05) is 0 Å². The van der Waals surface area contributed by atoms with Crippen LogP contribution in [0, 0.1) is 5.92 Å². The van der Waals surface area contributed by atoms with Crippen LogP contribution in [0.25, 0.3) is 5.82 Å². The van der Waals surface area contributed by atoms with Crippen molar-refractivity contribution in [3.05, 3.63) is 51.8 Å². The van der Waals surface area contributed by atoms with E-state index in [4.69, 9.17) is 37.4 Å². The fourth-order valence-electron chi connectivity index (χ4n) is 4.54. The zero-order valence-corrected chi connectivity index (χ0v) is 20.7. The van der Waals surface area contributed by atoms with Gasteiger partial charge in [-0.3, -0.25) is 9.59 Å². The number of fused-ring (bicyclic) bond motifs is 1. The molecule has 3 heterocycles. The predicted molar refractivity (Wildman–Crippen MR) is 131 cm³/mol. The molecule has 0 unspecified atom stereocenters. The summed E-state index contributed by atoms with van der Waals surface area (Å²) in [5.74, 6) is 0.487. The number of rotatable bonds is 7. The average Bonchev–Trinajstić information content (AvgIpc) is 3.77. The molecule has 2 aromatic heterocycles. The Morgan fingerprint density at radius 2 is 1.97 bits per heavy atom. The van der Waals surface area contributed by atoms with E-state index >= 15 is 0 Å². The first-order valence-corrected chi connectivity index (χ1v) is 12.2. The Bertz CT molecular complexity index is 1400. The normalized spacial score (nSPS) is 17.0. The molecule has 12 heteroatoms. The number of methoxy groups -OCH3 is 1. The van der Waals surface area contributed by atoms with Crippen LogP contribution in [0.5, 0.6) is 17.4 Å². The van der Waals surface area contributed by atoms with Crippen molar-refractivity contribution < 1.29 is 23.8 Å². The summed E-state index contributed by atoms with van der Waals surface area (Å²) in [5.41, 5.74) is 0.0940. The number of nitrogens with one attached hydrogen (secondary N) is 2. The molecule has 2 amide bonds. The van der Waals surface area contributed by atoms with Gasteiger partial charge in [0, 0.05) is 23.9 Å². The molecule has 0 spiro atoms. The number of carbonyl (C=O) groups excluding carboxylic acids is 2. The van der Waals surface area contributed by atoms with Crippen LogP contribution in [0.4, 0.5) is 5.69 Å². The van der Waals surface area contributed by atoms with Crippen LogP contribution in [0.3, 0.4) is 0 Å². The fourth-order valence-corrected chi connectivity index (χ4v) is 4.98. The van der Waals surface area contributed by atoms with Crippen LogP contribution in [0.1, 0.15) is 46.5 Å². The van der Waals surface area contributed by atoms with Gasteiger partial charge in [-0.05, 0) is 43.7 Å². The summed E-state index contributed by atoms with van der Waals surface area (Å²) >= 11 is 12.9. The van der Waals surface area contributed by atoms with Crippen LogP contribution >= 0.6 is 23.2 Å². The third-order valence-electron chi connectivity index (χ3n) is 6.66. The Labute approximate surface area is 215 Å². The third kappa shape index (κ3) is 3.90. The monoisotopic (exact) mass is 529 g/mol. The molecule has 6 rings (SSSR count). The number of anilines is 1. The average molecular weight is 530 g/mol. The fraction of sp³-hybridized carbons (Fsp3) is 0.333. The number of ether oxygens (including phenoxy) is 3. The Balaban J connectivity index is 1.38. The maximum Gasteiger partial charge on any atom is 0.274 e. The number of nitrogens with zero attached hydrogens (tertiary/aromatic N) is 3. The Morgan fingerprint density at radius 1 is 1.17 bits per heavy atom. The van der Waals surface area contributed by atoms with Crippen molar-refractivity contribution in [2.75, 3.05) is 19.2 Å². The van der Waals surface area contributed by atoms with Crippen molar-refractivity contribution in [1.82, 2.24) is 20.1 Å². The summed E-state index contributed by atoms with van der Waals surface area (Å²) < 4.78 is 17.6. The zero-order chi connectivity index (χ0) is 25.0. The van der Waals surface area contributed by atoms with Crippen molar-refractivity contribution in [2.45, 2.75) is 31.2 Å². The van der Waals surface area contributed by atoms with E-state index in [9.17, 15) is 9.59 Å². The molecule has 10 nitrogen and oxygen atoms in total. The minimum Gasteiger partial charge on any atom is -0.480 e. The van der Waals surface area contributed by atoms with Gasteiger partial charge in [-0.1, -0.05) is 23.2 Å². The van der Waals surface area contributed by atoms with E-state index < -0.39 is 5.91 Å². The van der Waals surface area contributed by atoms with E-state index in [0.717, 1.165) is 25.7 Å². The zero-order valence-electron chi connectivity index (χ0n) is 19.1. The summed E-state index contributed by atoms with van der Waals surface area (Å²) in [6.45, 7) is -0.0563. The van der Waals surface area contributed by atoms with Crippen LogP contribution in [0.2, 0.25) is 10.0 Å². The predicted octanol–water partition coefficient (Wildman–Crippen LogP) is 4.24. The highest BCUT2D eigenvalue weighted by Gasteiger charge is 2.55. The number of halogens is 2. The number of carbonyl (C=O) groups is 2. The second-order valence-corrected chi connectivity index (χ2v) is 9.79. The molecule has 0 radical (unpaired) electrons. The molecule has 3 aliphatic rings. The number of amides is 2. The van der Waals surface area contributed by atoms with Crippen LogP contribution in [0.15, 0.2) is 30.5 Å². The first-order chi connectivity index (χ1) is 17.4. The standard InChI is InChI=1S/C24H21Cl2N5O5/c1-34-17-10-15(31(30-17)21-13(25)3-2-8-27-21)22(32)28-19-14(26)9-16-20(36-11-35-16)18(19)23(33)29-24(6-7-24)12-4-5-12/h2-3,8-10,12H,4-7,11H2,1H3,(H,28,32)(H,29,33). The van der Waals surface area contributed by atoms with E-state index in [0.29, 0.717) is 11.7 Å². The van der Waals surface area contributed by atoms with Gasteiger partial charge in [0.1, 0.15) is 11.3 Å². The first kappa shape index (κ1) is 22.9. The molecule has 1 aromatic carbocycles. The summed E-state index contributed by atoms with van der Waals surface area (Å²) in [6, 6.07) is 6.24. The minimum absolute atomic E-state index is 0.0563. The lowest BCUT2D eigenvalue weighted by molar-refractivity contribution is 0.0922. The first-order valence-electron chi connectivity index (χ1n) is 11.4. The third-order valence-corrected chi connectivity index (χ3v) is 7.25. The second kappa shape index (κ2) is 8.56.